The van der Waals surface area contributed by atoms with Crippen molar-refractivity contribution in [1.29, 1.82) is 0 Å². The fourth-order valence-corrected chi connectivity index (χ4v) is 2.24. The van der Waals surface area contributed by atoms with Gasteiger partial charge in [0, 0.05) is 23.3 Å². The number of benzene rings is 1. The molecule has 0 unspecified atom stereocenters. The quantitative estimate of drug-likeness (QED) is 0.650. The number of hydrogen-bond donors (Lipinski definition) is 3. The van der Waals surface area contributed by atoms with Crippen LogP contribution in [0, 0.1) is 6.92 Å². The number of aliphatic hydroxyl groups is 1. The molecule has 0 aliphatic carbocycles. The second-order valence-corrected chi connectivity index (χ2v) is 5.70. The van der Waals surface area contributed by atoms with Crippen LogP contribution in [0.25, 0.3) is 0 Å². The number of nitrogens with one attached hydrogen (secondary N) is 2. The van der Waals surface area contributed by atoms with Crippen molar-refractivity contribution in [3.63, 3.8) is 0 Å². The molecule has 1 aromatic heterocycles. The third-order valence-corrected chi connectivity index (χ3v) is 3.71. The maximum Gasteiger partial charge on any atom is 0.229 e. The van der Waals surface area contributed by atoms with Crippen molar-refractivity contribution in [1.82, 2.24) is 9.97 Å². The zero-order chi connectivity index (χ0) is 17.2. The summed E-state index contributed by atoms with van der Waals surface area (Å²) in [6, 6.07) is 5.24. The number of rotatable bonds is 6. The lowest BCUT2D eigenvalue weighted by Gasteiger charge is -2.11. The van der Waals surface area contributed by atoms with E-state index < -0.39 is 0 Å². The first-order valence-corrected chi connectivity index (χ1v) is 8.68. The first-order chi connectivity index (χ1) is 11.1. The molecule has 2 rings (SSSR count). The van der Waals surface area contributed by atoms with Crippen molar-refractivity contribution in [2.75, 3.05) is 23.8 Å². The Morgan fingerprint density at radius 1 is 1.35 bits per heavy atom. The predicted molar refractivity (Wildman–Crippen MR) is 98.1 cm³/mol. The van der Waals surface area contributed by atoms with Gasteiger partial charge < -0.3 is 15.7 Å². The number of hydrogen-bond acceptors (Lipinski definition) is 6. The number of aromatic nitrogens is 2. The summed E-state index contributed by atoms with van der Waals surface area (Å²) >= 11 is 3.52. The normalized spacial score (nSPS) is 9.83. The molecular weight excluding hydrogens is 383 g/mol. The smallest absolute Gasteiger partial charge is 0.229 e. The molecule has 1 aromatic carbocycles. The summed E-state index contributed by atoms with van der Waals surface area (Å²) in [6.45, 7) is 6.31. The molecule has 0 amide bonds. The van der Waals surface area contributed by atoms with E-state index >= 15 is 0 Å². The number of halogens is 2. The van der Waals surface area contributed by atoms with Gasteiger partial charge in [-0.15, -0.1) is 0 Å². The van der Waals surface area contributed by atoms with E-state index in [4.69, 9.17) is 5.11 Å². The summed E-state index contributed by atoms with van der Waals surface area (Å²) < 4.78 is 13.4. The standard InChI is InChI=1S/C13H14BrFN4OS.C2H6/c1-8-2-3-9(21-15)6-11(8)18-13-17-7-10(14)12(19-13)16-4-5-20;1-2/h2-3,6-7,20H,4-5H2,1H3,(H2,16,17,18,19);1-2H3. The van der Waals surface area contributed by atoms with Crippen LogP contribution in [0.3, 0.4) is 0 Å². The third kappa shape index (κ3) is 5.96. The van der Waals surface area contributed by atoms with Crippen LogP contribution in [0.5, 0.6) is 0 Å². The van der Waals surface area contributed by atoms with Crippen LogP contribution >= 0.6 is 28.1 Å². The SMILES string of the molecule is CC.Cc1ccc(SF)cc1Nc1ncc(Br)c(NCCO)n1. The fraction of sp³-hybridized carbons (Fsp3) is 0.333. The summed E-state index contributed by atoms with van der Waals surface area (Å²) in [4.78, 5) is 8.99. The Morgan fingerprint density at radius 3 is 2.74 bits per heavy atom. The molecule has 0 aliphatic heterocycles. The number of aliphatic hydroxyl groups excluding tert-OH is 1. The van der Waals surface area contributed by atoms with Crippen molar-refractivity contribution in [3.8, 4) is 0 Å². The van der Waals surface area contributed by atoms with Crippen LogP contribution in [0.1, 0.15) is 19.4 Å². The summed E-state index contributed by atoms with van der Waals surface area (Å²) in [6.07, 6.45) is 1.61. The molecule has 5 nitrogen and oxygen atoms in total. The first-order valence-electron chi connectivity index (χ1n) is 7.17. The minimum atomic E-state index is 0.00802. The Balaban J connectivity index is 0.00000127. The van der Waals surface area contributed by atoms with Gasteiger partial charge in [0.2, 0.25) is 5.95 Å². The summed E-state index contributed by atoms with van der Waals surface area (Å²) in [5.74, 6) is 0.970. The van der Waals surface area contributed by atoms with Gasteiger partial charge in [-0.3, -0.25) is 0 Å². The van der Waals surface area contributed by atoms with Gasteiger partial charge in [0.1, 0.15) is 5.82 Å². The van der Waals surface area contributed by atoms with E-state index in [1.807, 2.05) is 26.8 Å². The Hall–Kier alpha value is -1.38. The average molecular weight is 403 g/mol. The van der Waals surface area contributed by atoms with Crippen LogP contribution in [0.2, 0.25) is 0 Å². The summed E-state index contributed by atoms with van der Waals surface area (Å²) in [7, 11) is 0. The second-order valence-electron chi connectivity index (χ2n) is 4.22. The lowest BCUT2D eigenvalue weighted by Crippen LogP contribution is -2.09. The molecule has 0 fully saturated rings. The first kappa shape index (κ1) is 19.7. The van der Waals surface area contributed by atoms with E-state index in [2.05, 4.69) is 36.5 Å². The molecule has 0 saturated carbocycles. The van der Waals surface area contributed by atoms with Crippen LogP contribution in [0.4, 0.5) is 21.3 Å². The summed E-state index contributed by atoms with van der Waals surface area (Å²) in [5, 5.41) is 14.9. The predicted octanol–water partition coefficient (Wildman–Crippen LogP) is 4.70. The van der Waals surface area contributed by atoms with Crippen LogP contribution < -0.4 is 10.6 Å². The lowest BCUT2D eigenvalue weighted by molar-refractivity contribution is 0.311. The van der Waals surface area contributed by atoms with E-state index in [0.717, 1.165) is 11.3 Å². The molecule has 1 heterocycles. The van der Waals surface area contributed by atoms with E-state index in [1.165, 1.54) is 0 Å². The maximum atomic E-state index is 12.7. The highest BCUT2D eigenvalue weighted by Crippen LogP contribution is 2.27. The van der Waals surface area contributed by atoms with Gasteiger partial charge in [-0.2, -0.15) is 8.87 Å². The largest absolute Gasteiger partial charge is 0.395 e. The van der Waals surface area contributed by atoms with Gasteiger partial charge in [0.05, 0.1) is 23.2 Å². The molecule has 0 atom stereocenters. The van der Waals surface area contributed by atoms with Gasteiger partial charge in [0.25, 0.3) is 0 Å². The molecule has 23 heavy (non-hydrogen) atoms. The molecule has 0 spiro atoms. The highest BCUT2D eigenvalue weighted by molar-refractivity contribution is 9.10. The maximum absolute atomic E-state index is 12.7. The minimum Gasteiger partial charge on any atom is -0.395 e. The van der Waals surface area contributed by atoms with Gasteiger partial charge in [-0.1, -0.05) is 19.9 Å². The van der Waals surface area contributed by atoms with E-state index in [9.17, 15) is 3.89 Å². The Kier molecular flexibility index (Phi) is 8.90. The van der Waals surface area contributed by atoms with Crippen molar-refractivity contribution >= 4 is 45.5 Å². The number of nitrogens with zero attached hydrogens (tertiary/aromatic N) is 2. The van der Waals surface area contributed by atoms with Crippen LogP contribution in [0.15, 0.2) is 33.8 Å². The van der Waals surface area contributed by atoms with Gasteiger partial charge in [-0.05, 0) is 40.5 Å². The van der Waals surface area contributed by atoms with E-state index in [-0.39, 0.29) is 18.8 Å². The lowest BCUT2D eigenvalue weighted by atomic mass is 10.2. The van der Waals surface area contributed by atoms with Crippen molar-refractivity contribution in [2.24, 2.45) is 0 Å². The molecule has 3 N–H and O–H groups in total. The van der Waals surface area contributed by atoms with Crippen LogP contribution in [-0.4, -0.2) is 28.2 Å². The van der Waals surface area contributed by atoms with Crippen LogP contribution in [-0.2, 0) is 0 Å². The molecule has 0 bridgehead atoms. The monoisotopic (exact) mass is 402 g/mol. The minimum absolute atomic E-state index is 0.00802. The zero-order valence-corrected chi connectivity index (χ0v) is 15.6. The number of aryl methyl sites for hydroxylation is 1. The van der Waals surface area contributed by atoms with Gasteiger partial charge in [0.15, 0.2) is 0 Å². The van der Waals surface area contributed by atoms with Gasteiger partial charge >= 0.3 is 0 Å². The van der Waals surface area contributed by atoms with E-state index in [0.29, 0.717) is 27.7 Å². The third-order valence-electron chi connectivity index (χ3n) is 2.69. The fourth-order valence-electron chi connectivity index (χ4n) is 1.63. The second kappa shape index (κ2) is 10.4. The van der Waals surface area contributed by atoms with Crippen molar-refractivity contribution in [3.05, 3.63) is 34.4 Å². The molecular formula is C15H20BrFN4OS. The number of anilines is 3. The average Bonchev–Trinajstić information content (AvgIpc) is 2.59. The summed E-state index contributed by atoms with van der Waals surface area (Å²) in [5.41, 5.74) is 1.71. The molecule has 126 valence electrons. The molecule has 8 heteroatoms. The molecule has 0 aliphatic rings. The Labute approximate surface area is 148 Å². The van der Waals surface area contributed by atoms with Crippen molar-refractivity contribution in [2.45, 2.75) is 25.7 Å². The molecule has 2 aromatic rings. The molecule has 0 saturated heterocycles. The Morgan fingerprint density at radius 2 is 2.09 bits per heavy atom. The van der Waals surface area contributed by atoms with Gasteiger partial charge in [-0.25, -0.2) is 4.98 Å². The topological polar surface area (TPSA) is 70.1 Å². The highest BCUT2D eigenvalue weighted by atomic mass is 79.9. The van der Waals surface area contributed by atoms with Crippen molar-refractivity contribution < 1.29 is 8.99 Å². The van der Waals surface area contributed by atoms with E-state index in [1.54, 1.807) is 18.3 Å². The molecule has 0 radical (unpaired) electrons. The highest BCUT2D eigenvalue weighted by Gasteiger charge is 2.07. The Bertz CT molecular complexity index is 630. The zero-order valence-electron chi connectivity index (χ0n) is 13.2.